The maximum atomic E-state index is 13.0. The molecule has 8 heteroatoms. The molecule has 0 saturated carbocycles. The first-order valence-electron chi connectivity index (χ1n) is 10.7. The number of para-hydroxylation sites is 2. The van der Waals surface area contributed by atoms with E-state index in [0.717, 1.165) is 46.9 Å². The van der Waals surface area contributed by atoms with Gasteiger partial charge in [0.25, 0.3) is 0 Å². The molecule has 1 atom stereocenters. The third-order valence-corrected chi connectivity index (χ3v) is 6.67. The van der Waals surface area contributed by atoms with Gasteiger partial charge in [-0.3, -0.25) is 0 Å². The Morgan fingerprint density at radius 1 is 1.09 bits per heavy atom. The van der Waals surface area contributed by atoms with Crippen LogP contribution in [0.4, 0.5) is 0 Å². The van der Waals surface area contributed by atoms with Crippen LogP contribution in [0.25, 0.3) is 38.9 Å². The number of H-pyrrole nitrogens is 1. The molecule has 7 nitrogen and oxygen atoms in total. The standard InChI is InChI=1S/C24H24N6O.ClH/c1-28-14-21(16-6-2-4-8-18(16)28)30-23(26-27-24(30)31)22-17-7-3-5-9-19(17)29-11-10-15(13-25)12-20(22)29;/h2-9,14-15H,10-13,25H2,1H3,(H,27,31);1H. The van der Waals surface area contributed by atoms with Crippen molar-refractivity contribution in [3.05, 3.63) is 70.9 Å². The van der Waals surface area contributed by atoms with Crippen molar-refractivity contribution in [1.29, 1.82) is 0 Å². The van der Waals surface area contributed by atoms with E-state index >= 15 is 0 Å². The number of nitrogens with two attached hydrogens (primary N) is 1. The van der Waals surface area contributed by atoms with Crippen molar-refractivity contribution < 1.29 is 0 Å². The van der Waals surface area contributed by atoms with E-state index in [-0.39, 0.29) is 18.1 Å². The second kappa shape index (κ2) is 7.69. The lowest BCUT2D eigenvalue weighted by atomic mass is 9.94. The molecule has 2 aromatic carbocycles. The molecule has 1 aliphatic heterocycles. The average Bonchev–Trinajstić information content (AvgIpc) is 3.44. The Labute approximate surface area is 190 Å². The zero-order valence-corrected chi connectivity index (χ0v) is 18.6. The SMILES string of the molecule is Cl.Cn1cc(-n2c(-c3c4n(c5ccccc35)CCC(CN)C4)n[nH]c2=O)c2ccccc21. The van der Waals surface area contributed by atoms with Gasteiger partial charge in [0, 0.05) is 52.9 Å². The monoisotopic (exact) mass is 448 g/mol. The average molecular weight is 449 g/mol. The summed E-state index contributed by atoms with van der Waals surface area (Å²) in [7, 11) is 2.00. The first-order chi connectivity index (χ1) is 15.2. The number of benzene rings is 2. The van der Waals surface area contributed by atoms with Crippen molar-refractivity contribution in [2.75, 3.05) is 6.54 Å². The maximum absolute atomic E-state index is 13.0. The van der Waals surface area contributed by atoms with E-state index in [9.17, 15) is 4.79 Å². The Kier molecular flexibility index (Phi) is 4.95. The molecule has 5 aromatic rings. The Bertz CT molecular complexity index is 1500. The lowest BCUT2D eigenvalue weighted by Crippen LogP contribution is -2.25. The molecule has 0 amide bonds. The summed E-state index contributed by atoms with van der Waals surface area (Å²) < 4.78 is 6.14. The maximum Gasteiger partial charge on any atom is 0.348 e. The van der Waals surface area contributed by atoms with Gasteiger partial charge < -0.3 is 14.9 Å². The molecule has 0 spiro atoms. The normalized spacial score (nSPS) is 15.8. The number of nitrogens with one attached hydrogen (secondary N) is 1. The van der Waals surface area contributed by atoms with Gasteiger partial charge in [0.2, 0.25) is 0 Å². The summed E-state index contributed by atoms with van der Waals surface area (Å²) >= 11 is 0. The van der Waals surface area contributed by atoms with Crippen molar-refractivity contribution in [1.82, 2.24) is 23.9 Å². The second-order valence-electron chi connectivity index (χ2n) is 8.42. The number of nitrogens with zero attached hydrogens (tertiary/aromatic N) is 4. The zero-order chi connectivity index (χ0) is 21.1. The molecule has 3 aromatic heterocycles. The number of aromatic nitrogens is 5. The van der Waals surface area contributed by atoms with Crippen LogP contribution >= 0.6 is 12.4 Å². The van der Waals surface area contributed by atoms with E-state index < -0.39 is 0 Å². The molecular formula is C24H25ClN6O. The molecule has 0 saturated heterocycles. The van der Waals surface area contributed by atoms with Crippen LogP contribution in [0, 0.1) is 5.92 Å². The summed E-state index contributed by atoms with van der Waals surface area (Å²) in [6.45, 7) is 1.60. The van der Waals surface area contributed by atoms with Crippen LogP contribution in [-0.4, -0.2) is 30.4 Å². The van der Waals surface area contributed by atoms with E-state index in [2.05, 4.69) is 39.0 Å². The molecule has 3 N–H and O–H groups in total. The summed E-state index contributed by atoms with van der Waals surface area (Å²) in [6, 6.07) is 16.5. The Morgan fingerprint density at radius 3 is 2.59 bits per heavy atom. The summed E-state index contributed by atoms with van der Waals surface area (Å²) in [5, 5.41) is 9.38. The quantitative estimate of drug-likeness (QED) is 0.442. The fraction of sp³-hybridized carbons (Fsp3) is 0.250. The van der Waals surface area contributed by atoms with Gasteiger partial charge in [-0.25, -0.2) is 14.5 Å². The molecule has 4 heterocycles. The van der Waals surface area contributed by atoms with E-state index in [1.54, 1.807) is 4.57 Å². The Morgan fingerprint density at radius 2 is 1.81 bits per heavy atom. The lowest BCUT2D eigenvalue weighted by Gasteiger charge is -2.24. The van der Waals surface area contributed by atoms with Crippen molar-refractivity contribution >= 4 is 34.2 Å². The van der Waals surface area contributed by atoms with Crippen molar-refractivity contribution in [3.8, 4) is 17.1 Å². The fourth-order valence-electron chi connectivity index (χ4n) is 5.15. The van der Waals surface area contributed by atoms with Gasteiger partial charge in [-0.2, -0.15) is 5.10 Å². The topological polar surface area (TPSA) is 86.6 Å². The number of rotatable bonds is 3. The fourth-order valence-corrected chi connectivity index (χ4v) is 5.15. The number of hydrogen-bond acceptors (Lipinski definition) is 3. The highest BCUT2D eigenvalue weighted by Crippen LogP contribution is 2.39. The molecule has 164 valence electrons. The minimum Gasteiger partial charge on any atom is -0.348 e. The van der Waals surface area contributed by atoms with Crippen LogP contribution in [0.3, 0.4) is 0 Å². The van der Waals surface area contributed by atoms with Crippen LogP contribution in [0.1, 0.15) is 12.1 Å². The van der Waals surface area contributed by atoms with E-state index in [1.807, 2.05) is 42.1 Å². The molecular weight excluding hydrogens is 424 g/mol. The Hall–Kier alpha value is -3.29. The molecule has 0 bridgehead atoms. The molecule has 0 aliphatic carbocycles. The van der Waals surface area contributed by atoms with Crippen LogP contribution in [-0.2, 0) is 20.0 Å². The molecule has 1 aliphatic rings. The highest BCUT2D eigenvalue weighted by molar-refractivity contribution is 5.98. The Balaban J connectivity index is 0.00000216. The molecule has 6 rings (SSSR count). The second-order valence-corrected chi connectivity index (χ2v) is 8.42. The zero-order valence-electron chi connectivity index (χ0n) is 17.8. The third kappa shape index (κ3) is 2.85. The first-order valence-corrected chi connectivity index (χ1v) is 10.7. The van der Waals surface area contributed by atoms with Gasteiger partial charge in [-0.1, -0.05) is 36.4 Å². The van der Waals surface area contributed by atoms with Crippen molar-refractivity contribution in [3.63, 3.8) is 0 Å². The largest absolute Gasteiger partial charge is 0.348 e. The van der Waals surface area contributed by atoms with Gasteiger partial charge in [0.05, 0.1) is 5.69 Å². The number of halogens is 1. The predicted octanol–water partition coefficient (Wildman–Crippen LogP) is 3.62. The summed E-state index contributed by atoms with van der Waals surface area (Å²) in [5.74, 6) is 1.09. The highest BCUT2D eigenvalue weighted by atomic mass is 35.5. The molecule has 32 heavy (non-hydrogen) atoms. The summed E-state index contributed by atoms with van der Waals surface area (Å²) in [6.07, 6.45) is 3.95. The van der Waals surface area contributed by atoms with Crippen LogP contribution < -0.4 is 11.4 Å². The smallest absolute Gasteiger partial charge is 0.348 e. The highest BCUT2D eigenvalue weighted by Gasteiger charge is 2.28. The van der Waals surface area contributed by atoms with Gasteiger partial charge >= 0.3 is 5.69 Å². The van der Waals surface area contributed by atoms with Crippen LogP contribution in [0.2, 0.25) is 0 Å². The van der Waals surface area contributed by atoms with Crippen LogP contribution in [0.15, 0.2) is 59.5 Å². The lowest BCUT2D eigenvalue weighted by molar-refractivity contribution is 0.403. The van der Waals surface area contributed by atoms with Gasteiger partial charge in [-0.05, 0) is 37.4 Å². The van der Waals surface area contributed by atoms with Gasteiger partial charge in [0.1, 0.15) is 0 Å². The minimum absolute atomic E-state index is 0. The van der Waals surface area contributed by atoms with E-state index in [0.29, 0.717) is 18.3 Å². The van der Waals surface area contributed by atoms with Gasteiger partial charge in [-0.15, -0.1) is 12.4 Å². The summed E-state index contributed by atoms with van der Waals surface area (Å²) in [5.41, 5.74) is 11.1. The first kappa shape index (κ1) is 20.6. The third-order valence-electron chi connectivity index (χ3n) is 6.67. The number of hydrogen-bond donors (Lipinski definition) is 2. The van der Waals surface area contributed by atoms with E-state index in [4.69, 9.17) is 5.73 Å². The molecule has 1 unspecified atom stereocenters. The summed E-state index contributed by atoms with van der Waals surface area (Å²) in [4.78, 5) is 13.0. The molecule has 0 fully saturated rings. The van der Waals surface area contributed by atoms with Crippen LogP contribution in [0.5, 0.6) is 0 Å². The van der Waals surface area contributed by atoms with E-state index in [1.165, 1.54) is 11.2 Å². The van der Waals surface area contributed by atoms with Crippen molar-refractivity contribution in [2.24, 2.45) is 18.7 Å². The van der Waals surface area contributed by atoms with Crippen molar-refractivity contribution in [2.45, 2.75) is 19.4 Å². The minimum atomic E-state index is -0.235. The number of aromatic amines is 1. The predicted molar refractivity (Wildman–Crippen MR) is 130 cm³/mol. The van der Waals surface area contributed by atoms with Gasteiger partial charge in [0.15, 0.2) is 5.82 Å². The molecule has 0 radical (unpaired) electrons. The number of aryl methyl sites for hydroxylation is 2. The number of fused-ring (bicyclic) bond motifs is 4.